The third-order valence-electron chi connectivity index (χ3n) is 3.60. The molecule has 1 N–H and O–H groups in total. The predicted octanol–water partition coefficient (Wildman–Crippen LogP) is 5.61. The fourth-order valence-corrected chi connectivity index (χ4v) is 2.90. The van der Waals surface area contributed by atoms with Gasteiger partial charge < -0.3 is 14.6 Å². The molecule has 0 spiro atoms. The van der Waals surface area contributed by atoms with Crippen molar-refractivity contribution in [1.29, 1.82) is 5.26 Å². The van der Waals surface area contributed by atoms with E-state index < -0.39 is 0 Å². The summed E-state index contributed by atoms with van der Waals surface area (Å²) in [6, 6.07) is 14.6. The van der Waals surface area contributed by atoms with Crippen LogP contribution in [0.25, 0.3) is 17.3 Å². The maximum Gasteiger partial charge on any atom is 0.179 e. The summed E-state index contributed by atoms with van der Waals surface area (Å²) in [5, 5.41) is 17.3. The number of nitriles is 1. The molecule has 130 valence electrons. The van der Waals surface area contributed by atoms with Gasteiger partial charge in [-0.1, -0.05) is 34.4 Å². The summed E-state index contributed by atoms with van der Waals surface area (Å²) >= 11 is 12.4. The number of rotatable bonds is 5. The van der Waals surface area contributed by atoms with Crippen molar-refractivity contribution < 1.29 is 9.26 Å². The first-order valence-corrected chi connectivity index (χ1v) is 8.31. The first-order chi connectivity index (χ1) is 12.6. The third-order valence-corrected chi connectivity index (χ3v) is 4.23. The summed E-state index contributed by atoms with van der Waals surface area (Å²) in [6.45, 7) is 0. The van der Waals surface area contributed by atoms with Crippen molar-refractivity contribution in [3.05, 3.63) is 70.0 Å². The normalized spacial score (nSPS) is 10.7. The van der Waals surface area contributed by atoms with Gasteiger partial charge in [0, 0.05) is 23.5 Å². The van der Waals surface area contributed by atoms with Crippen molar-refractivity contribution in [3.63, 3.8) is 0 Å². The van der Waals surface area contributed by atoms with Crippen LogP contribution in [0.4, 0.5) is 5.69 Å². The zero-order valence-electron chi connectivity index (χ0n) is 13.7. The molecule has 0 fully saturated rings. The van der Waals surface area contributed by atoms with Crippen molar-refractivity contribution in [2.75, 3.05) is 12.4 Å². The highest BCUT2D eigenvalue weighted by atomic mass is 35.5. The first kappa shape index (κ1) is 17.9. The van der Waals surface area contributed by atoms with Crippen LogP contribution in [0.15, 0.2) is 53.2 Å². The number of hydrogen-bond acceptors (Lipinski definition) is 5. The van der Waals surface area contributed by atoms with E-state index >= 15 is 0 Å². The monoisotopic (exact) mass is 385 g/mol. The molecule has 0 saturated heterocycles. The Hall–Kier alpha value is -2.94. The van der Waals surface area contributed by atoms with Gasteiger partial charge in [-0.15, -0.1) is 0 Å². The largest absolute Gasteiger partial charge is 0.497 e. The molecule has 0 aliphatic carbocycles. The van der Waals surface area contributed by atoms with Crippen LogP contribution < -0.4 is 10.1 Å². The lowest BCUT2D eigenvalue weighted by molar-refractivity contribution is 0.414. The summed E-state index contributed by atoms with van der Waals surface area (Å²) in [4.78, 5) is 0. The van der Waals surface area contributed by atoms with Crippen LogP contribution in [-0.2, 0) is 0 Å². The van der Waals surface area contributed by atoms with Crippen molar-refractivity contribution in [2.24, 2.45) is 0 Å². The summed E-state index contributed by atoms with van der Waals surface area (Å²) in [7, 11) is 1.61. The van der Waals surface area contributed by atoms with Gasteiger partial charge in [-0.3, -0.25) is 0 Å². The molecule has 0 radical (unpaired) electrons. The number of halogens is 2. The number of nitrogens with one attached hydrogen (secondary N) is 1. The Bertz CT molecular complexity index is 969. The average molecular weight is 386 g/mol. The Balaban J connectivity index is 1.85. The molecule has 3 aromatic rings. The van der Waals surface area contributed by atoms with E-state index in [1.54, 1.807) is 37.6 Å². The quantitative estimate of drug-likeness (QED) is 0.617. The smallest absolute Gasteiger partial charge is 0.179 e. The molecule has 0 aliphatic heterocycles. The van der Waals surface area contributed by atoms with Crippen molar-refractivity contribution in [2.45, 2.75) is 0 Å². The van der Waals surface area contributed by atoms with Gasteiger partial charge in [0.15, 0.2) is 5.76 Å². The Kier molecular flexibility index (Phi) is 5.47. The summed E-state index contributed by atoms with van der Waals surface area (Å²) < 4.78 is 10.4. The van der Waals surface area contributed by atoms with Crippen LogP contribution in [0, 0.1) is 11.3 Å². The first-order valence-electron chi connectivity index (χ1n) is 7.55. The lowest BCUT2D eigenvalue weighted by Crippen LogP contribution is -1.88. The van der Waals surface area contributed by atoms with E-state index in [1.165, 1.54) is 0 Å². The topological polar surface area (TPSA) is 71.1 Å². The Labute approximate surface area is 160 Å². The molecule has 3 rings (SSSR count). The maximum atomic E-state index is 9.50. The van der Waals surface area contributed by atoms with E-state index in [-0.39, 0.29) is 5.56 Å². The molecule has 0 saturated carbocycles. The van der Waals surface area contributed by atoms with Crippen LogP contribution >= 0.6 is 23.2 Å². The van der Waals surface area contributed by atoms with Gasteiger partial charge in [0.25, 0.3) is 0 Å². The van der Waals surface area contributed by atoms with Crippen molar-refractivity contribution >= 4 is 35.0 Å². The van der Waals surface area contributed by atoms with Gasteiger partial charge in [-0.25, -0.2) is 0 Å². The predicted molar refractivity (Wildman–Crippen MR) is 102 cm³/mol. The molecule has 1 aromatic heterocycles. The number of ether oxygens (including phenoxy) is 1. The number of aromatic nitrogens is 1. The van der Waals surface area contributed by atoms with Crippen LogP contribution in [0.3, 0.4) is 0 Å². The highest BCUT2D eigenvalue weighted by Crippen LogP contribution is 2.36. The molecular weight excluding hydrogens is 373 g/mol. The summed E-state index contributed by atoms with van der Waals surface area (Å²) in [5.41, 5.74) is 1.90. The molecule has 2 aromatic carbocycles. The second-order valence-corrected chi connectivity index (χ2v) is 6.00. The minimum atomic E-state index is 0.257. The fourth-order valence-electron chi connectivity index (χ4n) is 2.32. The number of benzene rings is 2. The van der Waals surface area contributed by atoms with Gasteiger partial charge in [-0.2, -0.15) is 5.26 Å². The molecule has 0 amide bonds. The zero-order valence-corrected chi connectivity index (χ0v) is 15.2. The van der Waals surface area contributed by atoms with Crippen LogP contribution in [-0.4, -0.2) is 12.3 Å². The maximum absolute atomic E-state index is 9.50. The molecule has 0 atom stereocenters. The van der Waals surface area contributed by atoms with E-state index in [0.717, 1.165) is 11.4 Å². The van der Waals surface area contributed by atoms with Gasteiger partial charge in [-0.05, 0) is 36.4 Å². The molecule has 1 heterocycles. The molecule has 7 heteroatoms. The fraction of sp³-hybridized carbons (Fsp3) is 0.0526. The standard InChI is InChI=1S/C19H13Cl2N3O2/c1-25-13-7-5-12(6-8-13)23-10-9-17-14(11-22)19(24-26-17)18-15(20)3-2-4-16(18)21/h2-10,23H,1H3/b10-9+. The Morgan fingerprint density at radius 1 is 1.15 bits per heavy atom. The van der Waals surface area contributed by atoms with E-state index in [2.05, 4.69) is 16.5 Å². The van der Waals surface area contributed by atoms with E-state index in [1.807, 2.05) is 24.3 Å². The number of methoxy groups -OCH3 is 1. The molecule has 0 bridgehead atoms. The second kappa shape index (κ2) is 7.96. The zero-order chi connectivity index (χ0) is 18.5. The lowest BCUT2D eigenvalue weighted by atomic mass is 10.1. The van der Waals surface area contributed by atoms with Gasteiger partial charge >= 0.3 is 0 Å². The molecule has 0 aliphatic rings. The van der Waals surface area contributed by atoms with Crippen molar-refractivity contribution in [1.82, 2.24) is 5.16 Å². The molecular formula is C19H13Cl2N3O2. The van der Waals surface area contributed by atoms with Crippen LogP contribution in [0.2, 0.25) is 10.0 Å². The lowest BCUT2D eigenvalue weighted by Gasteiger charge is -2.03. The van der Waals surface area contributed by atoms with Gasteiger partial charge in [0.05, 0.1) is 17.2 Å². The minimum Gasteiger partial charge on any atom is -0.497 e. The summed E-state index contributed by atoms with van der Waals surface area (Å²) in [5.74, 6) is 1.07. The number of nitrogens with zero attached hydrogens (tertiary/aromatic N) is 2. The molecule has 0 unspecified atom stereocenters. The van der Waals surface area contributed by atoms with Crippen LogP contribution in [0.1, 0.15) is 11.3 Å². The summed E-state index contributed by atoms with van der Waals surface area (Å²) in [6.07, 6.45) is 3.27. The highest BCUT2D eigenvalue weighted by Gasteiger charge is 2.20. The van der Waals surface area contributed by atoms with Crippen LogP contribution in [0.5, 0.6) is 5.75 Å². The Morgan fingerprint density at radius 2 is 1.85 bits per heavy atom. The SMILES string of the molecule is COc1ccc(N/C=C/c2onc(-c3c(Cl)cccc3Cl)c2C#N)cc1. The van der Waals surface area contributed by atoms with E-state index in [0.29, 0.717) is 27.1 Å². The van der Waals surface area contributed by atoms with E-state index in [9.17, 15) is 5.26 Å². The molecule has 26 heavy (non-hydrogen) atoms. The van der Waals surface area contributed by atoms with Gasteiger partial charge in [0.1, 0.15) is 23.1 Å². The Morgan fingerprint density at radius 3 is 2.46 bits per heavy atom. The highest BCUT2D eigenvalue weighted by molar-refractivity contribution is 6.39. The second-order valence-electron chi connectivity index (χ2n) is 5.19. The average Bonchev–Trinajstić information content (AvgIpc) is 3.04. The van der Waals surface area contributed by atoms with Crippen molar-refractivity contribution in [3.8, 4) is 23.1 Å². The molecule has 5 nitrogen and oxygen atoms in total. The third kappa shape index (κ3) is 3.67. The van der Waals surface area contributed by atoms with Gasteiger partial charge in [0.2, 0.25) is 0 Å². The number of anilines is 1. The minimum absolute atomic E-state index is 0.257. The number of hydrogen-bond donors (Lipinski definition) is 1. The van der Waals surface area contributed by atoms with E-state index in [4.69, 9.17) is 32.5 Å².